The van der Waals surface area contributed by atoms with Gasteiger partial charge in [-0.05, 0) is 101 Å². The molecule has 50 heavy (non-hydrogen) atoms. The van der Waals surface area contributed by atoms with Crippen molar-refractivity contribution in [1.82, 2.24) is 0 Å². The van der Waals surface area contributed by atoms with E-state index in [4.69, 9.17) is 6.58 Å². The van der Waals surface area contributed by atoms with Crippen LogP contribution in [0.15, 0.2) is 177 Å². The highest BCUT2D eigenvalue weighted by molar-refractivity contribution is 5.77. The van der Waals surface area contributed by atoms with Gasteiger partial charge >= 0.3 is 0 Å². The molecule has 0 amide bonds. The lowest BCUT2D eigenvalue weighted by Crippen LogP contribution is -2.35. The monoisotopic (exact) mass is 661 g/mol. The number of hydrogen-bond acceptors (Lipinski definition) is 1. The molecule has 0 spiro atoms. The average molecular weight is 662 g/mol. The van der Waals surface area contributed by atoms with E-state index >= 15 is 0 Å². The first-order chi connectivity index (χ1) is 24.3. The molecule has 0 radical (unpaired) electrons. The molecule has 1 N–H and O–H groups in total. The molecule has 0 aromatic heterocycles. The molecule has 0 heterocycles. The maximum absolute atomic E-state index is 4.76. The number of allylic oxidation sites excluding steroid dienone is 10. The average Bonchev–Trinajstić information content (AvgIpc) is 3.16. The summed E-state index contributed by atoms with van der Waals surface area (Å²) in [6, 6.07) is 34.4. The zero-order valence-electron chi connectivity index (χ0n) is 31.9. The maximum atomic E-state index is 4.76. The summed E-state index contributed by atoms with van der Waals surface area (Å²) in [6.07, 6.45) is 15.2. The van der Waals surface area contributed by atoms with E-state index in [-0.39, 0.29) is 5.92 Å². The van der Waals surface area contributed by atoms with Gasteiger partial charge in [0, 0.05) is 11.4 Å². The Bertz CT molecular complexity index is 1760. The van der Waals surface area contributed by atoms with Crippen molar-refractivity contribution in [3.05, 3.63) is 199 Å². The molecule has 4 rings (SSSR count). The second-order valence-electron chi connectivity index (χ2n) is 11.8. The van der Waals surface area contributed by atoms with Crippen molar-refractivity contribution in [2.24, 2.45) is 5.92 Å². The fourth-order valence-corrected chi connectivity index (χ4v) is 6.36. The van der Waals surface area contributed by atoms with Gasteiger partial charge in [0.15, 0.2) is 0 Å². The van der Waals surface area contributed by atoms with Crippen LogP contribution in [0.1, 0.15) is 77.6 Å². The molecule has 0 aliphatic heterocycles. The summed E-state index contributed by atoms with van der Waals surface area (Å²) in [5, 5.41) is 3.61. The highest BCUT2D eigenvalue weighted by atomic mass is 14.9. The summed E-state index contributed by atoms with van der Waals surface area (Å²) in [5.74, 6) is 0.224. The van der Waals surface area contributed by atoms with E-state index in [1.165, 1.54) is 27.8 Å². The Labute approximate surface area is 304 Å². The van der Waals surface area contributed by atoms with Crippen molar-refractivity contribution in [1.29, 1.82) is 0 Å². The molecule has 0 bridgehead atoms. The largest absolute Gasteiger partial charge is 0.356 e. The number of anilines is 2. The van der Waals surface area contributed by atoms with Crippen molar-refractivity contribution >= 4 is 16.9 Å². The van der Waals surface area contributed by atoms with E-state index in [1.54, 1.807) is 0 Å². The smallest absolute Gasteiger partial charge is 0.0664 e. The summed E-state index contributed by atoms with van der Waals surface area (Å²) in [7, 11) is 0. The molecule has 0 aliphatic carbocycles. The third-order valence-corrected chi connectivity index (χ3v) is 8.49. The summed E-state index contributed by atoms with van der Waals surface area (Å²) in [4.78, 5) is 0. The van der Waals surface area contributed by atoms with Crippen LogP contribution in [0.5, 0.6) is 0 Å². The standard InChI is InChI=1S/C45H47N.2C2H6/c1-9-13-23-43(33(5)6)45(35(8)18-10-2,44-24-17-22-41(34(7)12-4)42(44)19-11-3)38-27-31-40(32-28-38)46-39-29-25-37(26-30-39)36-20-15-14-16-21-36;2*1-2/h9-18,20-33,46H,3-4,7-8,19H2,1-2,5-6H3;2*1-2H3/b13-9-,18-10-,43-23+;;. The van der Waals surface area contributed by atoms with Crippen LogP contribution in [-0.4, -0.2) is 0 Å². The van der Waals surface area contributed by atoms with Gasteiger partial charge in [0.2, 0.25) is 0 Å². The molecule has 0 aliphatic rings. The third-order valence-electron chi connectivity index (χ3n) is 8.49. The molecule has 1 nitrogen and oxygen atoms in total. The number of nitrogens with one attached hydrogen (secondary N) is 1. The maximum Gasteiger partial charge on any atom is 0.0664 e. The number of benzene rings is 4. The SMILES string of the molecule is C=CCc1c(C(=C)C=C)cccc1C(C(=C)/C=C\C)(/C(=C/C=C\C)C(C)C)c1ccc(Nc2ccc(-c3ccccc3)cc2)cc1.CC.CC. The van der Waals surface area contributed by atoms with Gasteiger partial charge in [-0.1, -0.05) is 177 Å². The summed E-state index contributed by atoms with van der Waals surface area (Å²) in [6.45, 7) is 33.9. The Morgan fingerprint density at radius 2 is 1.30 bits per heavy atom. The van der Waals surface area contributed by atoms with E-state index in [2.05, 4.69) is 174 Å². The molecular formula is C49H59N. The minimum Gasteiger partial charge on any atom is -0.356 e. The summed E-state index contributed by atoms with van der Waals surface area (Å²) in [5.41, 5.74) is 11.6. The van der Waals surface area contributed by atoms with E-state index in [9.17, 15) is 0 Å². The lowest BCUT2D eigenvalue weighted by molar-refractivity contribution is 0.601. The Morgan fingerprint density at radius 1 is 0.720 bits per heavy atom. The van der Waals surface area contributed by atoms with Crippen LogP contribution in [-0.2, 0) is 11.8 Å². The van der Waals surface area contributed by atoms with Gasteiger partial charge in [-0.25, -0.2) is 0 Å². The van der Waals surface area contributed by atoms with Gasteiger partial charge < -0.3 is 5.32 Å². The fourth-order valence-electron chi connectivity index (χ4n) is 6.36. The molecule has 260 valence electrons. The molecule has 1 atom stereocenters. The Morgan fingerprint density at radius 3 is 1.82 bits per heavy atom. The fraction of sp³-hybridized carbons (Fsp3) is 0.224. The Hall–Kier alpha value is -5.14. The van der Waals surface area contributed by atoms with E-state index in [0.717, 1.165) is 33.6 Å². The van der Waals surface area contributed by atoms with Crippen LogP contribution >= 0.6 is 0 Å². The van der Waals surface area contributed by atoms with Crippen molar-refractivity contribution in [2.45, 2.75) is 67.2 Å². The number of rotatable bonds is 14. The van der Waals surface area contributed by atoms with Crippen molar-refractivity contribution in [2.75, 3.05) is 5.32 Å². The van der Waals surface area contributed by atoms with Crippen LogP contribution in [0.4, 0.5) is 11.4 Å². The molecule has 4 aromatic rings. The molecule has 0 fully saturated rings. The van der Waals surface area contributed by atoms with Gasteiger partial charge in [0.1, 0.15) is 0 Å². The zero-order valence-corrected chi connectivity index (χ0v) is 31.9. The minimum atomic E-state index is -0.647. The van der Waals surface area contributed by atoms with Crippen LogP contribution < -0.4 is 5.32 Å². The van der Waals surface area contributed by atoms with Crippen LogP contribution in [0, 0.1) is 5.92 Å². The lowest BCUT2D eigenvalue weighted by Gasteiger charge is -2.42. The second-order valence-corrected chi connectivity index (χ2v) is 11.8. The van der Waals surface area contributed by atoms with Gasteiger partial charge in [0.25, 0.3) is 0 Å². The first-order valence-electron chi connectivity index (χ1n) is 18.0. The Kier molecular flexibility index (Phi) is 17.3. The first-order valence-corrected chi connectivity index (χ1v) is 18.0. The molecule has 4 aromatic carbocycles. The second kappa shape index (κ2) is 21.1. The zero-order chi connectivity index (χ0) is 37.1. The minimum absolute atomic E-state index is 0.224. The van der Waals surface area contributed by atoms with Gasteiger partial charge in [-0.2, -0.15) is 0 Å². The van der Waals surface area contributed by atoms with Gasteiger partial charge in [0.05, 0.1) is 5.41 Å². The normalized spacial score (nSPS) is 12.3. The molecule has 0 saturated heterocycles. The predicted molar refractivity (Wildman–Crippen MR) is 226 cm³/mol. The van der Waals surface area contributed by atoms with Crippen molar-refractivity contribution in [3.63, 3.8) is 0 Å². The number of hydrogen-bond donors (Lipinski definition) is 1. The van der Waals surface area contributed by atoms with Crippen molar-refractivity contribution in [3.8, 4) is 11.1 Å². The van der Waals surface area contributed by atoms with E-state index in [1.807, 2.05) is 45.9 Å². The first kappa shape index (κ1) is 41.0. The highest BCUT2D eigenvalue weighted by Gasteiger charge is 2.42. The van der Waals surface area contributed by atoms with Crippen LogP contribution in [0.2, 0.25) is 0 Å². The predicted octanol–water partition coefficient (Wildman–Crippen LogP) is 14.7. The van der Waals surface area contributed by atoms with E-state index < -0.39 is 5.41 Å². The molecule has 0 saturated carbocycles. The Balaban J connectivity index is 0.00000209. The molecule has 1 unspecified atom stereocenters. The summed E-state index contributed by atoms with van der Waals surface area (Å²) >= 11 is 0. The van der Waals surface area contributed by atoms with Gasteiger partial charge in [-0.3, -0.25) is 0 Å². The van der Waals surface area contributed by atoms with Crippen LogP contribution in [0.3, 0.4) is 0 Å². The highest BCUT2D eigenvalue weighted by Crippen LogP contribution is 2.50. The lowest BCUT2D eigenvalue weighted by atomic mass is 9.60. The van der Waals surface area contributed by atoms with Gasteiger partial charge in [-0.15, -0.1) is 6.58 Å². The van der Waals surface area contributed by atoms with E-state index in [0.29, 0.717) is 6.42 Å². The van der Waals surface area contributed by atoms with Crippen molar-refractivity contribution < 1.29 is 0 Å². The summed E-state index contributed by atoms with van der Waals surface area (Å²) < 4.78 is 0. The molecular weight excluding hydrogens is 603 g/mol. The van der Waals surface area contributed by atoms with Crippen LogP contribution in [0.25, 0.3) is 16.7 Å². The topological polar surface area (TPSA) is 12.0 Å². The third kappa shape index (κ3) is 9.51. The molecule has 1 heteroatoms. The quantitative estimate of drug-likeness (QED) is 0.105.